The van der Waals surface area contributed by atoms with E-state index >= 15 is 0 Å². The van der Waals surface area contributed by atoms with Crippen molar-refractivity contribution in [3.8, 4) is 0 Å². The molecule has 1 heterocycles. The number of carboxylic acid groups (broad SMARTS) is 1. The first-order valence-electron chi connectivity index (χ1n) is 9.52. The van der Waals surface area contributed by atoms with Crippen molar-refractivity contribution in [3.05, 3.63) is 18.2 Å². The number of H-pyrrole nitrogens is 1. The van der Waals surface area contributed by atoms with Gasteiger partial charge in [0.1, 0.15) is 6.04 Å². The molecule has 0 aliphatic carbocycles. The fourth-order valence-electron chi connectivity index (χ4n) is 2.63. The van der Waals surface area contributed by atoms with Crippen molar-refractivity contribution in [2.24, 2.45) is 11.7 Å². The van der Waals surface area contributed by atoms with E-state index in [9.17, 15) is 24.3 Å². The third kappa shape index (κ3) is 8.57. The van der Waals surface area contributed by atoms with Crippen LogP contribution in [-0.2, 0) is 25.6 Å². The van der Waals surface area contributed by atoms with Crippen molar-refractivity contribution in [1.29, 1.82) is 0 Å². The highest BCUT2D eigenvalue weighted by molar-refractivity contribution is 5.92. The summed E-state index contributed by atoms with van der Waals surface area (Å²) in [7, 11) is 0. The van der Waals surface area contributed by atoms with Crippen LogP contribution in [0, 0.1) is 5.92 Å². The molecular weight excluding hydrogens is 396 g/mol. The van der Waals surface area contributed by atoms with Gasteiger partial charge in [0.2, 0.25) is 17.7 Å². The smallest absolute Gasteiger partial charge is 0.328 e. The molecule has 1 rings (SSSR count). The highest BCUT2D eigenvalue weighted by Gasteiger charge is 2.30. The lowest BCUT2D eigenvalue weighted by Gasteiger charge is -2.22. The predicted octanol–water partition coefficient (Wildman–Crippen LogP) is -2.12. The van der Waals surface area contributed by atoms with Gasteiger partial charge in [0.05, 0.1) is 25.0 Å². The Morgan fingerprint density at radius 2 is 1.83 bits per heavy atom. The van der Waals surface area contributed by atoms with Crippen molar-refractivity contribution < 1.29 is 29.4 Å². The molecule has 0 spiro atoms. The zero-order chi connectivity index (χ0) is 22.8. The molecule has 1 aromatic heterocycles. The maximum Gasteiger partial charge on any atom is 0.328 e. The number of aliphatic hydroxyl groups is 1. The fourth-order valence-corrected chi connectivity index (χ4v) is 2.63. The molecular formula is C18H30N6O6. The second-order valence-electron chi connectivity index (χ2n) is 7.42. The number of carboxylic acids is 1. The molecule has 0 aliphatic rings. The van der Waals surface area contributed by atoms with Gasteiger partial charge >= 0.3 is 5.97 Å². The monoisotopic (exact) mass is 426 g/mol. The van der Waals surface area contributed by atoms with Crippen molar-refractivity contribution in [3.63, 3.8) is 0 Å². The standard InChI is InChI=1S/C18H30N6O6/c1-9(2)4-12(19)16(27)21-7-14(26)23-13(5-11-6-20-8-22-11)17(28)24-15(10(3)25)18(29)30/h6,8-10,12-13,15,25H,4-5,7,19H2,1-3H3,(H,20,22)(H,21,27)(H,23,26)(H,24,28)(H,29,30). The van der Waals surface area contributed by atoms with Crippen molar-refractivity contribution in [1.82, 2.24) is 25.9 Å². The number of imidazole rings is 1. The lowest BCUT2D eigenvalue weighted by atomic mass is 10.0. The van der Waals surface area contributed by atoms with Crippen LogP contribution in [0.5, 0.6) is 0 Å². The van der Waals surface area contributed by atoms with Crippen LogP contribution in [0.1, 0.15) is 32.9 Å². The average Bonchev–Trinajstić information content (AvgIpc) is 3.15. The summed E-state index contributed by atoms with van der Waals surface area (Å²) in [4.78, 5) is 54.6. The molecule has 0 aromatic carbocycles. The normalized spacial score (nSPS) is 15.0. The first-order valence-corrected chi connectivity index (χ1v) is 9.52. The van der Waals surface area contributed by atoms with Gasteiger partial charge in [0, 0.05) is 18.3 Å². The minimum absolute atomic E-state index is 0.00939. The lowest BCUT2D eigenvalue weighted by Crippen LogP contribution is -2.56. The summed E-state index contributed by atoms with van der Waals surface area (Å²) < 4.78 is 0. The zero-order valence-electron chi connectivity index (χ0n) is 17.2. The van der Waals surface area contributed by atoms with E-state index < -0.39 is 54.5 Å². The Bertz CT molecular complexity index is 721. The number of aliphatic hydroxyl groups excluding tert-OH is 1. The summed E-state index contributed by atoms with van der Waals surface area (Å²) in [6.45, 7) is 4.64. The number of rotatable bonds is 12. The van der Waals surface area contributed by atoms with Crippen molar-refractivity contribution in [2.45, 2.75) is 57.8 Å². The van der Waals surface area contributed by atoms with Gasteiger partial charge in [-0.15, -0.1) is 0 Å². The first kappa shape index (κ1) is 25.0. The molecule has 0 saturated heterocycles. The molecule has 0 radical (unpaired) electrons. The maximum absolute atomic E-state index is 12.5. The number of aliphatic carboxylic acids is 1. The molecule has 0 fully saturated rings. The maximum atomic E-state index is 12.5. The summed E-state index contributed by atoms with van der Waals surface area (Å²) in [6.07, 6.45) is 1.93. The SMILES string of the molecule is CC(C)CC(N)C(=O)NCC(=O)NC(Cc1cnc[nH]1)C(=O)NC(C(=O)O)C(C)O. The van der Waals surface area contributed by atoms with Crippen LogP contribution in [0.4, 0.5) is 0 Å². The molecule has 4 atom stereocenters. The minimum atomic E-state index is -1.55. The minimum Gasteiger partial charge on any atom is -0.480 e. The molecule has 1 aromatic rings. The molecule has 30 heavy (non-hydrogen) atoms. The van der Waals surface area contributed by atoms with E-state index in [0.29, 0.717) is 12.1 Å². The van der Waals surface area contributed by atoms with Gasteiger partial charge in [-0.1, -0.05) is 13.8 Å². The number of amides is 3. The van der Waals surface area contributed by atoms with Gasteiger partial charge in [-0.2, -0.15) is 0 Å². The summed E-state index contributed by atoms with van der Waals surface area (Å²) in [5.74, 6) is -3.18. The number of carbonyl (C=O) groups is 4. The van der Waals surface area contributed by atoms with Crippen LogP contribution in [0.2, 0.25) is 0 Å². The molecule has 12 heteroatoms. The number of aromatic nitrogens is 2. The average molecular weight is 426 g/mol. The topological polar surface area (TPSA) is 200 Å². The largest absolute Gasteiger partial charge is 0.480 e. The van der Waals surface area contributed by atoms with Crippen LogP contribution in [0.15, 0.2) is 12.5 Å². The first-order chi connectivity index (χ1) is 14.0. The number of carbonyl (C=O) groups excluding carboxylic acids is 3. The molecule has 0 bridgehead atoms. The Labute approximate surface area is 174 Å². The van der Waals surface area contributed by atoms with Crippen LogP contribution < -0.4 is 21.7 Å². The van der Waals surface area contributed by atoms with Crippen molar-refractivity contribution in [2.75, 3.05) is 6.54 Å². The van der Waals surface area contributed by atoms with E-state index in [-0.39, 0.29) is 12.3 Å². The number of hydrogen-bond donors (Lipinski definition) is 7. The van der Waals surface area contributed by atoms with E-state index in [0.717, 1.165) is 0 Å². The Hall–Kier alpha value is -2.99. The summed E-state index contributed by atoms with van der Waals surface area (Å²) >= 11 is 0. The Morgan fingerprint density at radius 1 is 1.17 bits per heavy atom. The number of nitrogens with zero attached hydrogens (tertiary/aromatic N) is 1. The van der Waals surface area contributed by atoms with E-state index in [1.54, 1.807) is 0 Å². The van der Waals surface area contributed by atoms with Crippen LogP contribution in [0.25, 0.3) is 0 Å². The van der Waals surface area contributed by atoms with Gasteiger partial charge < -0.3 is 36.9 Å². The molecule has 8 N–H and O–H groups in total. The number of aromatic amines is 1. The van der Waals surface area contributed by atoms with E-state index in [1.807, 2.05) is 13.8 Å². The Kier molecular flexibility index (Phi) is 9.92. The van der Waals surface area contributed by atoms with Gasteiger partial charge in [-0.3, -0.25) is 14.4 Å². The Morgan fingerprint density at radius 3 is 2.33 bits per heavy atom. The van der Waals surface area contributed by atoms with Crippen LogP contribution in [0.3, 0.4) is 0 Å². The molecule has 4 unspecified atom stereocenters. The predicted molar refractivity (Wildman–Crippen MR) is 106 cm³/mol. The molecule has 3 amide bonds. The van der Waals surface area contributed by atoms with Crippen LogP contribution in [-0.4, -0.2) is 74.6 Å². The van der Waals surface area contributed by atoms with E-state index in [4.69, 9.17) is 10.8 Å². The number of nitrogens with one attached hydrogen (secondary N) is 4. The van der Waals surface area contributed by atoms with Gasteiger partial charge in [0.25, 0.3) is 0 Å². The second-order valence-corrected chi connectivity index (χ2v) is 7.42. The molecule has 168 valence electrons. The third-order valence-corrected chi connectivity index (χ3v) is 4.16. The van der Waals surface area contributed by atoms with Gasteiger partial charge in [-0.25, -0.2) is 9.78 Å². The van der Waals surface area contributed by atoms with Gasteiger partial charge in [0.15, 0.2) is 6.04 Å². The number of hydrogen-bond acceptors (Lipinski definition) is 7. The highest BCUT2D eigenvalue weighted by atomic mass is 16.4. The molecule has 0 aliphatic heterocycles. The fraction of sp³-hybridized carbons (Fsp3) is 0.611. The highest BCUT2D eigenvalue weighted by Crippen LogP contribution is 2.03. The molecule has 0 saturated carbocycles. The third-order valence-electron chi connectivity index (χ3n) is 4.16. The van der Waals surface area contributed by atoms with Crippen molar-refractivity contribution >= 4 is 23.7 Å². The second kappa shape index (κ2) is 11.9. The Balaban J connectivity index is 2.75. The molecule has 12 nitrogen and oxygen atoms in total. The lowest BCUT2D eigenvalue weighted by molar-refractivity contribution is -0.145. The number of nitrogens with two attached hydrogens (primary N) is 1. The summed E-state index contributed by atoms with van der Waals surface area (Å²) in [5, 5.41) is 25.7. The zero-order valence-corrected chi connectivity index (χ0v) is 17.2. The summed E-state index contributed by atoms with van der Waals surface area (Å²) in [5.41, 5.74) is 6.27. The van der Waals surface area contributed by atoms with Gasteiger partial charge in [-0.05, 0) is 19.3 Å². The van der Waals surface area contributed by atoms with E-state index in [1.165, 1.54) is 19.4 Å². The van der Waals surface area contributed by atoms with E-state index in [2.05, 4.69) is 25.9 Å². The summed E-state index contributed by atoms with van der Waals surface area (Å²) in [6, 6.07) is -3.48. The quantitative estimate of drug-likeness (QED) is 0.196. The van der Waals surface area contributed by atoms with Crippen LogP contribution >= 0.6 is 0 Å².